The SMILES string of the molecule is C=C(OS(=O)(=O)c1ccc(C)cc1)C(C)(C)CCC(C)(C)CC. The maximum Gasteiger partial charge on any atom is 0.338 e. The van der Waals surface area contributed by atoms with Gasteiger partial charge >= 0.3 is 10.1 Å². The molecular formula is C19H30O3S. The van der Waals surface area contributed by atoms with Gasteiger partial charge in [0.15, 0.2) is 0 Å². The van der Waals surface area contributed by atoms with Crippen molar-refractivity contribution in [2.75, 3.05) is 0 Å². The topological polar surface area (TPSA) is 43.4 Å². The molecule has 1 aromatic rings. The molecule has 4 heteroatoms. The molecule has 0 bridgehead atoms. The lowest BCUT2D eigenvalue weighted by atomic mass is 9.77. The second-order valence-electron chi connectivity index (χ2n) is 7.68. The van der Waals surface area contributed by atoms with Crippen molar-refractivity contribution in [1.29, 1.82) is 0 Å². The number of allylic oxidation sites excluding steroid dienone is 1. The fourth-order valence-corrected chi connectivity index (χ4v) is 3.02. The summed E-state index contributed by atoms with van der Waals surface area (Å²) in [5.41, 5.74) is 0.835. The molecule has 0 aliphatic heterocycles. The van der Waals surface area contributed by atoms with Crippen molar-refractivity contribution in [2.24, 2.45) is 10.8 Å². The molecule has 0 aliphatic rings. The Morgan fingerprint density at radius 1 is 1.09 bits per heavy atom. The summed E-state index contributed by atoms with van der Waals surface area (Å²) in [6.45, 7) is 16.3. The van der Waals surface area contributed by atoms with E-state index in [1.807, 2.05) is 20.8 Å². The lowest BCUT2D eigenvalue weighted by Crippen LogP contribution is -2.22. The van der Waals surface area contributed by atoms with E-state index in [2.05, 4.69) is 27.4 Å². The first-order valence-electron chi connectivity index (χ1n) is 8.10. The zero-order chi connectivity index (χ0) is 17.9. The van der Waals surface area contributed by atoms with Crippen molar-refractivity contribution in [3.8, 4) is 0 Å². The molecule has 1 rings (SSSR count). The number of hydrogen-bond acceptors (Lipinski definition) is 3. The zero-order valence-electron chi connectivity index (χ0n) is 15.3. The molecule has 0 aromatic heterocycles. The third-order valence-electron chi connectivity index (χ3n) is 4.66. The molecule has 0 fully saturated rings. The first-order chi connectivity index (χ1) is 10.4. The van der Waals surface area contributed by atoms with Crippen LogP contribution in [0.25, 0.3) is 0 Å². The molecule has 0 heterocycles. The van der Waals surface area contributed by atoms with Gasteiger partial charge < -0.3 is 4.18 Å². The van der Waals surface area contributed by atoms with Crippen molar-refractivity contribution < 1.29 is 12.6 Å². The van der Waals surface area contributed by atoms with Crippen molar-refractivity contribution >= 4 is 10.1 Å². The number of rotatable bonds is 8. The fourth-order valence-electron chi connectivity index (χ4n) is 1.97. The predicted molar refractivity (Wildman–Crippen MR) is 95.7 cm³/mol. The predicted octanol–water partition coefficient (Wildman–Crippen LogP) is 5.46. The Balaban J connectivity index is 2.82. The molecule has 1 aromatic carbocycles. The normalized spacial score (nSPS) is 13.0. The summed E-state index contributed by atoms with van der Waals surface area (Å²) in [5, 5.41) is 0. The van der Waals surface area contributed by atoms with Crippen molar-refractivity contribution in [3.63, 3.8) is 0 Å². The van der Waals surface area contributed by atoms with Gasteiger partial charge in [-0.2, -0.15) is 8.42 Å². The lowest BCUT2D eigenvalue weighted by Gasteiger charge is -2.31. The maximum atomic E-state index is 12.4. The smallest absolute Gasteiger partial charge is 0.338 e. The molecule has 0 radical (unpaired) electrons. The van der Waals surface area contributed by atoms with Gasteiger partial charge in [0.25, 0.3) is 0 Å². The summed E-state index contributed by atoms with van der Waals surface area (Å²) in [4.78, 5) is 0.161. The molecule has 0 saturated carbocycles. The maximum absolute atomic E-state index is 12.4. The van der Waals surface area contributed by atoms with Crippen LogP contribution in [0.2, 0.25) is 0 Å². The Morgan fingerprint density at radius 3 is 2.09 bits per heavy atom. The Labute approximate surface area is 141 Å². The highest BCUT2D eigenvalue weighted by Gasteiger charge is 2.30. The summed E-state index contributed by atoms with van der Waals surface area (Å²) in [6.07, 6.45) is 2.90. The average molecular weight is 339 g/mol. The molecular weight excluding hydrogens is 308 g/mol. The number of aryl methyl sites for hydroxylation is 1. The monoisotopic (exact) mass is 338 g/mol. The molecule has 0 aliphatic carbocycles. The van der Waals surface area contributed by atoms with E-state index in [4.69, 9.17) is 4.18 Å². The van der Waals surface area contributed by atoms with E-state index in [0.717, 1.165) is 24.8 Å². The van der Waals surface area contributed by atoms with E-state index in [9.17, 15) is 8.42 Å². The van der Waals surface area contributed by atoms with Crippen molar-refractivity contribution in [2.45, 2.75) is 65.7 Å². The summed E-state index contributed by atoms with van der Waals surface area (Å²) < 4.78 is 30.1. The largest absolute Gasteiger partial charge is 0.384 e. The third kappa shape index (κ3) is 5.69. The zero-order valence-corrected chi connectivity index (χ0v) is 16.1. The van der Waals surface area contributed by atoms with E-state index in [1.165, 1.54) is 0 Å². The molecule has 0 spiro atoms. The van der Waals surface area contributed by atoms with Crippen LogP contribution in [-0.4, -0.2) is 8.42 Å². The van der Waals surface area contributed by atoms with Gasteiger partial charge in [0.1, 0.15) is 10.7 Å². The highest BCUT2D eigenvalue weighted by atomic mass is 32.2. The Hall–Kier alpha value is -1.29. The van der Waals surface area contributed by atoms with Gasteiger partial charge in [0.05, 0.1) is 0 Å². The lowest BCUT2D eigenvalue weighted by molar-refractivity contribution is 0.213. The van der Waals surface area contributed by atoms with Gasteiger partial charge in [-0.1, -0.05) is 65.3 Å². The van der Waals surface area contributed by atoms with Crippen LogP contribution in [0.3, 0.4) is 0 Å². The molecule has 0 N–H and O–H groups in total. The highest BCUT2D eigenvalue weighted by Crippen LogP contribution is 2.38. The molecule has 0 atom stereocenters. The summed E-state index contributed by atoms with van der Waals surface area (Å²) in [6, 6.07) is 6.64. The van der Waals surface area contributed by atoms with Crippen molar-refractivity contribution in [1.82, 2.24) is 0 Å². The van der Waals surface area contributed by atoms with Gasteiger partial charge in [-0.25, -0.2) is 0 Å². The van der Waals surface area contributed by atoms with E-state index in [1.54, 1.807) is 24.3 Å². The van der Waals surface area contributed by atoms with E-state index < -0.39 is 15.5 Å². The minimum absolute atomic E-state index is 0.161. The second-order valence-corrected chi connectivity index (χ2v) is 9.22. The fraction of sp³-hybridized carbons (Fsp3) is 0.579. The summed E-state index contributed by atoms with van der Waals surface area (Å²) >= 11 is 0. The van der Waals surface area contributed by atoms with Gasteiger partial charge in [-0.15, -0.1) is 0 Å². The second kappa shape index (κ2) is 7.08. The van der Waals surface area contributed by atoms with E-state index in [-0.39, 0.29) is 10.3 Å². The highest BCUT2D eigenvalue weighted by molar-refractivity contribution is 7.86. The first kappa shape index (κ1) is 19.8. The Bertz CT molecular complexity index is 638. The summed E-state index contributed by atoms with van der Waals surface area (Å²) in [5.74, 6) is 0.296. The minimum atomic E-state index is -3.82. The van der Waals surface area contributed by atoms with Crippen LogP contribution in [0, 0.1) is 17.8 Å². The Kier molecular flexibility index (Phi) is 6.08. The van der Waals surface area contributed by atoms with Crippen LogP contribution < -0.4 is 0 Å². The third-order valence-corrected chi connectivity index (χ3v) is 5.93. The molecule has 0 saturated heterocycles. The van der Waals surface area contributed by atoms with Gasteiger partial charge in [0, 0.05) is 5.41 Å². The van der Waals surface area contributed by atoms with Gasteiger partial charge in [-0.3, -0.25) is 0 Å². The first-order valence-corrected chi connectivity index (χ1v) is 9.51. The molecule has 130 valence electrons. The summed E-state index contributed by atoms with van der Waals surface area (Å²) in [7, 11) is -3.82. The van der Waals surface area contributed by atoms with Crippen LogP contribution in [0.4, 0.5) is 0 Å². The van der Waals surface area contributed by atoms with Gasteiger partial charge in [-0.05, 0) is 37.3 Å². The molecule has 0 amide bonds. The average Bonchev–Trinajstić information content (AvgIpc) is 2.45. The van der Waals surface area contributed by atoms with Crippen LogP contribution in [-0.2, 0) is 14.3 Å². The Morgan fingerprint density at radius 2 is 1.61 bits per heavy atom. The molecule has 3 nitrogen and oxygen atoms in total. The minimum Gasteiger partial charge on any atom is -0.384 e. The number of benzene rings is 1. The van der Waals surface area contributed by atoms with E-state index in [0.29, 0.717) is 5.76 Å². The van der Waals surface area contributed by atoms with Crippen LogP contribution >= 0.6 is 0 Å². The van der Waals surface area contributed by atoms with Crippen LogP contribution in [0.15, 0.2) is 41.5 Å². The molecule has 0 unspecified atom stereocenters. The van der Waals surface area contributed by atoms with Gasteiger partial charge in [0.2, 0.25) is 0 Å². The number of hydrogen-bond donors (Lipinski definition) is 0. The quantitative estimate of drug-likeness (QED) is 0.467. The van der Waals surface area contributed by atoms with Crippen LogP contribution in [0.1, 0.15) is 59.4 Å². The molecule has 23 heavy (non-hydrogen) atoms. The van der Waals surface area contributed by atoms with Crippen molar-refractivity contribution in [3.05, 3.63) is 42.2 Å². The van der Waals surface area contributed by atoms with E-state index >= 15 is 0 Å². The standard InChI is InChI=1S/C19H30O3S/c1-8-18(4,5)13-14-19(6,7)16(3)22-23(20,21)17-11-9-15(2)10-12-17/h9-12H,3,8,13-14H2,1-2,4-7H3. The van der Waals surface area contributed by atoms with Crippen LogP contribution in [0.5, 0.6) is 0 Å².